The lowest BCUT2D eigenvalue weighted by Gasteiger charge is -2.50. The van der Waals surface area contributed by atoms with Gasteiger partial charge in [0.1, 0.15) is 122 Å². The molecule has 2 amide bonds. The Kier molecular flexibility index (Phi) is 47.7. The zero-order valence-corrected chi connectivity index (χ0v) is 63.5. The molecular formula is C76H140N2O28. The van der Waals surface area contributed by atoms with Crippen molar-refractivity contribution in [3.05, 3.63) is 12.2 Å². The summed E-state index contributed by atoms with van der Waals surface area (Å²) in [5.41, 5.74) is 0. The number of rotatable bonds is 56. The Morgan fingerprint density at radius 3 is 1.11 bits per heavy atom. The average Bonchev–Trinajstić information content (AvgIpc) is 0.774. The SMILES string of the molecule is CCCCCCCCCCCCC/C=C/[C@@H](O)[C@H](CO[C@@H]1OC(CO)[C@@H](O[C@@H]2OC(CO)[C@H](O[C@@H]3OC(CO)[C@H](O)[C@H](O[C@@H]4OC(CO)[C@H](O[C@@H]5OC(CO)[C@H](O)[C@H](O)C5O)[C@H](O)C4NC(C)=O)C3O)[C@H](O)C2O)[C@H](O)C1O)NC(=O)CCCCCCCCCCCCCCCCCCCCCCCCC. The molecule has 0 saturated carbocycles. The second-order valence-electron chi connectivity index (χ2n) is 29.9. The fourth-order valence-corrected chi connectivity index (χ4v) is 14.6. The summed E-state index contributed by atoms with van der Waals surface area (Å²) in [6.07, 6.45) is 0.294. The molecule has 0 radical (unpaired) electrons. The van der Waals surface area contributed by atoms with E-state index in [0.717, 1.165) is 51.9 Å². The minimum Gasteiger partial charge on any atom is -0.394 e. The molecule has 0 bridgehead atoms. The third kappa shape index (κ3) is 31.5. The van der Waals surface area contributed by atoms with Crippen LogP contribution in [-0.4, -0.2) is 299 Å². The number of carbonyl (C=O) groups excluding carboxylic acids is 2. The lowest BCUT2D eigenvalue weighted by atomic mass is 9.94. The van der Waals surface area contributed by atoms with E-state index in [9.17, 15) is 91.3 Å². The van der Waals surface area contributed by atoms with Crippen molar-refractivity contribution in [2.45, 2.75) is 418 Å². The molecule has 10 unspecified atom stereocenters. The van der Waals surface area contributed by atoms with Gasteiger partial charge in [0, 0.05) is 13.3 Å². The van der Waals surface area contributed by atoms with Crippen molar-refractivity contribution < 1.29 is 139 Å². The molecule has 0 aromatic heterocycles. The molecule has 27 atom stereocenters. The molecule has 0 spiro atoms. The van der Waals surface area contributed by atoms with Crippen LogP contribution in [0.4, 0.5) is 0 Å². The Balaban J connectivity index is 1.12. The molecule has 30 heteroatoms. The van der Waals surface area contributed by atoms with Crippen LogP contribution in [-0.2, 0) is 57.0 Å². The first-order chi connectivity index (χ1) is 51.2. The van der Waals surface area contributed by atoms with E-state index >= 15 is 0 Å². The highest BCUT2D eigenvalue weighted by Crippen LogP contribution is 2.37. The quantitative estimate of drug-likeness (QED) is 0.0307. The third-order valence-electron chi connectivity index (χ3n) is 21.2. The van der Waals surface area contributed by atoms with Gasteiger partial charge in [0.05, 0.1) is 51.8 Å². The van der Waals surface area contributed by atoms with Gasteiger partial charge in [-0.05, 0) is 19.3 Å². The summed E-state index contributed by atoms with van der Waals surface area (Å²) >= 11 is 0. The molecule has 106 heavy (non-hydrogen) atoms. The fraction of sp³-hybridized carbons (Fsp3) is 0.947. The molecule has 622 valence electrons. The molecule has 18 N–H and O–H groups in total. The summed E-state index contributed by atoms with van der Waals surface area (Å²) in [4.78, 5) is 26.1. The smallest absolute Gasteiger partial charge is 0.220 e. The van der Waals surface area contributed by atoms with Crippen molar-refractivity contribution in [2.75, 3.05) is 39.6 Å². The Morgan fingerprint density at radius 2 is 0.698 bits per heavy atom. The largest absolute Gasteiger partial charge is 0.394 e. The molecule has 5 aliphatic rings. The van der Waals surface area contributed by atoms with Crippen LogP contribution in [0.5, 0.6) is 0 Å². The van der Waals surface area contributed by atoms with Gasteiger partial charge in [-0.2, -0.15) is 0 Å². The van der Waals surface area contributed by atoms with Crippen molar-refractivity contribution in [3.63, 3.8) is 0 Å². The van der Waals surface area contributed by atoms with Crippen LogP contribution in [0.3, 0.4) is 0 Å². The molecule has 5 saturated heterocycles. The molecule has 30 nitrogen and oxygen atoms in total. The summed E-state index contributed by atoms with van der Waals surface area (Å²) < 4.78 is 58.3. The number of unbranched alkanes of at least 4 members (excludes halogenated alkanes) is 33. The molecule has 0 aliphatic carbocycles. The van der Waals surface area contributed by atoms with Crippen LogP contribution in [0.15, 0.2) is 12.2 Å². The van der Waals surface area contributed by atoms with Crippen LogP contribution in [0.1, 0.15) is 252 Å². The van der Waals surface area contributed by atoms with E-state index in [4.69, 9.17) is 47.4 Å². The first kappa shape index (κ1) is 94.2. The normalized spacial score (nSPS) is 34.3. The van der Waals surface area contributed by atoms with Gasteiger partial charge in [0.2, 0.25) is 11.8 Å². The van der Waals surface area contributed by atoms with Gasteiger partial charge < -0.3 is 140 Å². The van der Waals surface area contributed by atoms with E-state index < -0.39 is 211 Å². The fourth-order valence-electron chi connectivity index (χ4n) is 14.6. The van der Waals surface area contributed by atoms with Gasteiger partial charge >= 0.3 is 0 Å². The van der Waals surface area contributed by atoms with Crippen molar-refractivity contribution in [1.29, 1.82) is 0 Å². The van der Waals surface area contributed by atoms with E-state index in [1.807, 2.05) is 6.08 Å². The summed E-state index contributed by atoms with van der Waals surface area (Å²) in [6, 6.07) is -2.74. The van der Waals surface area contributed by atoms with Gasteiger partial charge in [-0.1, -0.05) is 231 Å². The number of nitrogens with one attached hydrogen (secondary N) is 2. The van der Waals surface area contributed by atoms with E-state index in [0.29, 0.717) is 12.8 Å². The topological polar surface area (TPSA) is 474 Å². The van der Waals surface area contributed by atoms with Gasteiger partial charge in [-0.25, -0.2) is 0 Å². The number of allylic oxidation sites excluding steroid dienone is 1. The van der Waals surface area contributed by atoms with E-state index in [1.54, 1.807) is 6.08 Å². The number of carbonyl (C=O) groups is 2. The summed E-state index contributed by atoms with van der Waals surface area (Å²) in [6.45, 7) is 0.417. The average molecular weight is 1530 g/mol. The minimum atomic E-state index is -2.17. The van der Waals surface area contributed by atoms with Gasteiger partial charge in [0.15, 0.2) is 31.5 Å². The number of hydrogen-bond acceptors (Lipinski definition) is 28. The highest BCUT2D eigenvalue weighted by Gasteiger charge is 2.57. The summed E-state index contributed by atoms with van der Waals surface area (Å²) in [5, 5.41) is 181. The van der Waals surface area contributed by atoms with Crippen LogP contribution in [0, 0.1) is 0 Å². The van der Waals surface area contributed by atoms with Gasteiger partial charge in [-0.3, -0.25) is 9.59 Å². The first-order valence-corrected chi connectivity index (χ1v) is 40.5. The van der Waals surface area contributed by atoms with Gasteiger partial charge in [0.25, 0.3) is 0 Å². The van der Waals surface area contributed by atoms with E-state index in [2.05, 4.69) is 24.5 Å². The maximum Gasteiger partial charge on any atom is 0.220 e. The van der Waals surface area contributed by atoms with E-state index in [1.165, 1.54) is 167 Å². The molecule has 0 aromatic carbocycles. The molecule has 5 heterocycles. The van der Waals surface area contributed by atoms with Crippen LogP contribution in [0.2, 0.25) is 0 Å². The second kappa shape index (κ2) is 53.6. The number of aliphatic hydroxyl groups is 16. The van der Waals surface area contributed by atoms with Crippen LogP contribution in [0.25, 0.3) is 0 Å². The highest BCUT2D eigenvalue weighted by atomic mass is 16.8. The molecular weight excluding hydrogens is 1390 g/mol. The third-order valence-corrected chi connectivity index (χ3v) is 21.2. The Bertz CT molecular complexity index is 2290. The number of aliphatic hydroxyl groups excluding tert-OH is 16. The van der Waals surface area contributed by atoms with E-state index in [-0.39, 0.29) is 12.3 Å². The maximum absolute atomic E-state index is 13.5. The standard InChI is InChI=1S/C76H140N2O28/c1-4-6-8-10-12-14-16-18-19-20-21-22-23-24-25-26-27-29-31-33-35-37-39-41-56(86)78-49(50(85)40-38-36-34-32-30-28-17-15-13-11-9-7-5-2)47-97-73-65(94)62(91)69(54(45-82)101-73)104-75-66(95)63(92)70(55(46-83)102-75)105-76-67(96)71(59(88)52(43-80)99-76)106-72-57(77-48(3)84)60(89)68(53(44-81)100-72)103-74-64(93)61(90)58(87)51(42-79)98-74/h38,40,49-55,57-76,79-83,85,87-96H,4-37,39,41-47H2,1-3H3,(H,77,84)(H,78,86)/b40-38+/t49-,50+,51?,52?,53?,54?,55?,57?,58-,59-,60+,61-,62+,63+,64?,65?,66?,67?,68-,69+,70-,71-,72-,73+,74-,75-,76-/m0/s1. The Hall–Kier alpha value is -2.36. The van der Waals surface area contributed by atoms with Crippen molar-refractivity contribution >= 4 is 11.8 Å². The first-order valence-electron chi connectivity index (χ1n) is 40.5. The summed E-state index contributed by atoms with van der Waals surface area (Å²) in [7, 11) is 0. The minimum absolute atomic E-state index is 0.200. The zero-order valence-electron chi connectivity index (χ0n) is 63.5. The molecule has 0 aromatic rings. The lowest BCUT2D eigenvalue weighted by Crippen LogP contribution is -2.70. The van der Waals surface area contributed by atoms with Crippen molar-refractivity contribution in [1.82, 2.24) is 10.6 Å². The predicted molar refractivity (Wildman–Crippen MR) is 386 cm³/mol. The molecule has 5 rings (SSSR count). The Labute approximate surface area is 628 Å². The van der Waals surface area contributed by atoms with Crippen molar-refractivity contribution in [2.24, 2.45) is 0 Å². The van der Waals surface area contributed by atoms with Crippen LogP contribution < -0.4 is 10.6 Å². The maximum atomic E-state index is 13.5. The number of ether oxygens (including phenoxy) is 10. The molecule has 5 fully saturated rings. The van der Waals surface area contributed by atoms with Crippen LogP contribution >= 0.6 is 0 Å². The van der Waals surface area contributed by atoms with Crippen molar-refractivity contribution in [3.8, 4) is 0 Å². The lowest BCUT2D eigenvalue weighted by molar-refractivity contribution is -0.389. The number of amides is 2. The molecule has 5 aliphatic heterocycles. The highest BCUT2D eigenvalue weighted by molar-refractivity contribution is 5.76. The monoisotopic (exact) mass is 1530 g/mol. The number of hydrogen-bond donors (Lipinski definition) is 18. The second-order valence-corrected chi connectivity index (χ2v) is 29.9. The zero-order chi connectivity index (χ0) is 77.3. The van der Waals surface area contributed by atoms with Gasteiger partial charge in [-0.15, -0.1) is 0 Å². The summed E-state index contributed by atoms with van der Waals surface area (Å²) in [5.74, 6) is -1.12. The Morgan fingerprint density at radius 1 is 0.368 bits per heavy atom. The predicted octanol–water partition coefficient (Wildman–Crippen LogP) is 2.73.